The quantitative estimate of drug-likeness (QED) is 0.384. The summed E-state index contributed by atoms with van der Waals surface area (Å²) in [6.07, 6.45) is 0.395. The van der Waals surface area contributed by atoms with Crippen LogP contribution in [0.3, 0.4) is 0 Å². The van der Waals surface area contributed by atoms with Gasteiger partial charge in [-0.25, -0.2) is 4.98 Å². The average Bonchev–Trinajstić information content (AvgIpc) is 3.50. The first-order chi connectivity index (χ1) is 17.0. The molecule has 0 aliphatic heterocycles. The molecular weight excluding hydrogens is 469 g/mol. The van der Waals surface area contributed by atoms with Gasteiger partial charge in [0.25, 0.3) is 5.91 Å². The second-order valence-electron chi connectivity index (χ2n) is 11.0. The van der Waals surface area contributed by atoms with E-state index in [1.54, 1.807) is 0 Å². The molecule has 6 nitrogen and oxygen atoms in total. The Morgan fingerprint density at radius 1 is 1.11 bits per heavy atom. The van der Waals surface area contributed by atoms with E-state index in [9.17, 15) is 18.0 Å². The number of carbonyl (C=O) groups excluding carboxylic acids is 1. The summed E-state index contributed by atoms with van der Waals surface area (Å²) in [5, 5.41) is 6.31. The summed E-state index contributed by atoms with van der Waals surface area (Å²) in [5.41, 5.74) is 2.95. The first-order valence-corrected chi connectivity index (χ1v) is 12.4. The highest BCUT2D eigenvalue weighted by atomic mass is 19.4. The smallest absolute Gasteiger partial charge is 0.406 e. The third-order valence-corrected chi connectivity index (χ3v) is 6.94. The van der Waals surface area contributed by atoms with Crippen LogP contribution in [-0.4, -0.2) is 27.9 Å². The molecule has 2 atom stereocenters. The summed E-state index contributed by atoms with van der Waals surface area (Å²) in [6, 6.07) is 11.7. The molecule has 0 unspecified atom stereocenters. The van der Waals surface area contributed by atoms with Crippen molar-refractivity contribution in [1.29, 1.82) is 0 Å². The number of hydrogen-bond acceptors (Lipinski definition) is 4. The van der Waals surface area contributed by atoms with Crippen LogP contribution in [0.5, 0.6) is 5.75 Å². The summed E-state index contributed by atoms with van der Waals surface area (Å²) in [5.74, 6) is 0.752. The lowest BCUT2D eigenvalue weighted by atomic mass is 9.70. The number of hydrogen-bond donors (Lipinski definition) is 2. The van der Waals surface area contributed by atoms with Crippen LogP contribution in [0.15, 0.2) is 42.5 Å². The summed E-state index contributed by atoms with van der Waals surface area (Å²) >= 11 is 0. The Bertz CT molecular complexity index is 1260. The highest BCUT2D eigenvalue weighted by molar-refractivity contribution is 5.98. The third kappa shape index (κ3) is 5.60. The normalized spacial score (nSPS) is 21.8. The van der Waals surface area contributed by atoms with Gasteiger partial charge in [-0.2, -0.15) is 0 Å². The number of amides is 1. The van der Waals surface area contributed by atoms with Gasteiger partial charge in [-0.3, -0.25) is 4.79 Å². The van der Waals surface area contributed by atoms with Gasteiger partial charge >= 0.3 is 6.36 Å². The van der Waals surface area contributed by atoms with Gasteiger partial charge in [0.15, 0.2) is 0 Å². The molecule has 1 heterocycles. The van der Waals surface area contributed by atoms with E-state index in [1.165, 1.54) is 24.3 Å². The maximum Gasteiger partial charge on any atom is 0.573 e. The van der Waals surface area contributed by atoms with Gasteiger partial charge in [0, 0.05) is 23.3 Å². The van der Waals surface area contributed by atoms with Gasteiger partial charge in [-0.1, -0.05) is 20.8 Å². The van der Waals surface area contributed by atoms with Gasteiger partial charge in [-0.05, 0) is 85.9 Å². The van der Waals surface area contributed by atoms with Crippen molar-refractivity contribution in [2.75, 3.05) is 5.32 Å². The number of anilines is 2. The zero-order valence-electron chi connectivity index (χ0n) is 20.7. The van der Waals surface area contributed by atoms with Crippen LogP contribution in [0.2, 0.25) is 0 Å². The fourth-order valence-electron chi connectivity index (χ4n) is 5.56. The minimum atomic E-state index is -4.74. The fourth-order valence-corrected chi connectivity index (χ4v) is 5.56. The van der Waals surface area contributed by atoms with E-state index in [1.807, 2.05) is 18.2 Å². The number of alkyl halides is 3. The maximum absolute atomic E-state index is 12.6. The number of nitrogens with zero attached hydrogens (tertiary/aromatic N) is 2. The molecule has 2 aromatic carbocycles. The van der Waals surface area contributed by atoms with Gasteiger partial charge in [0.2, 0.25) is 5.95 Å². The van der Waals surface area contributed by atoms with Crippen LogP contribution < -0.4 is 15.4 Å². The molecule has 0 bridgehead atoms. The fraction of sp³-hybridized carbons (Fsp3) is 0.481. The van der Waals surface area contributed by atoms with Gasteiger partial charge in [-0.15, -0.1) is 13.2 Å². The predicted molar refractivity (Wildman–Crippen MR) is 132 cm³/mol. The molecule has 192 valence electrons. The lowest BCUT2D eigenvalue weighted by Crippen LogP contribution is -2.29. The van der Waals surface area contributed by atoms with E-state index < -0.39 is 6.36 Å². The van der Waals surface area contributed by atoms with Crippen molar-refractivity contribution in [3.8, 4) is 5.75 Å². The predicted octanol–water partition coefficient (Wildman–Crippen LogP) is 6.96. The van der Waals surface area contributed by atoms with Crippen molar-refractivity contribution in [3.05, 3.63) is 48.0 Å². The Kier molecular flexibility index (Phi) is 6.12. The highest BCUT2D eigenvalue weighted by Gasteiger charge is 2.35. The van der Waals surface area contributed by atoms with E-state index in [-0.39, 0.29) is 29.2 Å². The maximum atomic E-state index is 12.6. The molecule has 0 saturated heterocycles. The summed E-state index contributed by atoms with van der Waals surface area (Å²) in [4.78, 5) is 17.5. The van der Waals surface area contributed by atoms with E-state index in [0.717, 1.165) is 37.6 Å². The van der Waals surface area contributed by atoms with E-state index in [4.69, 9.17) is 4.98 Å². The minimum absolute atomic E-state index is 0.101. The average molecular weight is 501 g/mol. The molecule has 2 aliphatic carbocycles. The Labute approximate surface area is 208 Å². The largest absolute Gasteiger partial charge is 0.573 e. The Hall–Kier alpha value is -3.23. The standard InChI is InChI=1S/C27H31F3N4O2/c1-16-12-20(15-26(2,3)14-16)34-23-11-4-17(24(35)31-18-5-6-18)13-22(23)33-25(34)32-19-7-9-21(10-8-19)36-27(28,29)30/h4,7-11,13,16,18,20H,5-6,12,14-15H2,1-3H3,(H,31,35)(H,32,33)/t16-,20+/m1/s1. The summed E-state index contributed by atoms with van der Waals surface area (Å²) < 4.78 is 43.8. The van der Waals surface area contributed by atoms with Gasteiger partial charge in [0.05, 0.1) is 11.0 Å². The van der Waals surface area contributed by atoms with E-state index >= 15 is 0 Å². The second kappa shape index (κ2) is 9.01. The number of rotatable bonds is 6. The molecule has 5 rings (SSSR count). The lowest BCUT2D eigenvalue weighted by Gasteiger charge is -2.40. The Morgan fingerprint density at radius 3 is 2.47 bits per heavy atom. The second-order valence-corrected chi connectivity index (χ2v) is 11.0. The molecule has 2 N–H and O–H groups in total. The van der Waals surface area contributed by atoms with Crippen LogP contribution in [0.4, 0.5) is 24.8 Å². The third-order valence-electron chi connectivity index (χ3n) is 6.94. The molecule has 3 aromatic rings. The molecule has 1 aromatic heterocycles. The van der Waals surface area contributed by atoms with Crippen molar-refractivity contribution < 1.29 is 22.7 Å². The molecular formula is C27H31F3N4O2. The monoisotopic (exact) mass is 500 g/mol. The SMILES string of the molecule is C[C@@H]1C[C@H](n2c(Nc3ccc(OC(F)(F)F)cc3)nc3cc(C(=O)NC4CC4)ccc32)CC(C)(C)C1. The number of imidazole rings is 1. The van der Waals surface area contributed by atoms with Crippen molar-refractivity contribution in [2.45, 2.75) is 71.3 Å². The van der Waals surface area contributed by atoms with Gasteiger partial charge < -0.3 is 19.9 Å². The zero-order chi connectivity index (χ0) is 25.7. The molecule has 0 radical (unpaired) electrons. The molecule has 2 saturated carbocycles. The number of ether oxygens (including phenoxy) is 1. The van der Waals surface area contributed by atoms with Crippen LogP contribution in [0.25, 0.3) is 11.0 Å². The number of halogens is 3. The number of aromatic nitrogens is 2. The van der Waals surface area contributed by atoms with Crippen molar-refractivity contribution in [2.24, 2.45) is 11.3 Å². The number of nitrogens with one attached hydrogen (secondary N) is 2. The highest BCUT2D eigenvalue weighted by Crippen LogP contribution is 2.46. The first-order valence-electron chi connectivity index (χ1n) is 12.4. The molecule has 9 heteroatoms. The Balaban J connectivity index is 1.50. The molecule has 1 amide bonds. The van der Waals surface area contributed by atoms with E-state index in [2.05, 4.69) is 40.7 Å². The molecule has 2 fully saturated rings. The van der Waals surface area contributed by atoms with Crippen molar-refractivity contribution in [3.63, 3.8) is 0 Å². The first kappa shape index (κ1) is 24.5. The number of fused-ring (bicyclic) bond motifs is 1. The molecule has 36 heavy (non-hydrogen) atoms. The lowest BCUT2D eigenvalue weighted by molar-refractivity contribution is -0.274. The topological polar surface area (TPSA) is 68.2 Å². The number of benzene rings is 2. The van der Waals surface area contributed by atoms with Crippen LogP contribution in [0, 0.1) is 11.3 Å². The van der Waals surface area contributed by atoms with Crippen molar-refractivity contribution in [1.82, 2.24) is 14.9 Å². The zero-order valence-corrected chi connectivity index (χ0v) is 20.7. The molecule has 2 aliphatic rings. The van der Waals surface area contributed by atoms with Crippen LogP contribution >= 0.6 is 0 Å². The summed E-state index contributed by atoms with van der Waals surface area (Å²) in [7, 11) is 0. The van der Waals surface area contributed by atoms with E-state index in [0.29, 0.717) is 28.6 Å². The van der Waals surface area contributed by atoms with Gasteiger partial charge in [0.1, 0.15) is 5.75 Å². The van der Waals surface area contributed by atoms with Crippen LogP contribution in [-0.2, 0) is 0 Å². The molecule has 0 spiro atoms. The Morgan fingerprint density at radius 2 is 1.83 bits per heavy atom. The minimum Gasteiger partial charge on any atom is -0.406 e. The summed E-state index contributed by atoms with van der Waals surface area (Å²) in [6.45, 7) is 6.82. The number of carbonyl (C=O) groups is 1. The van der Waals surface area contributed by atoms with Crippen molar-refractivity contribution >= 4 is 28.6 Å². The van der Waals surface area contributed by atoms with Crippen LogP contribution in [0.1, 0.15) is 69.3 Å².